The van der Waals surface area contributed by atoms with Gasteiger partial charge in [-0.25, -0.2) is 4.99 Å². The predicted octanol–water partition coefficient (Wildman–Crippen LogP) is 4.58. The zero-order chi connectivity index (χ0) is 20.0. The van der Waals surface area contributed by atoms with Gasteiger partial charge >= 0.3 is 0 Å². The van der Waals surface area contributed by atoms with E-state index in [1.54, 1.807) is 6.20 Å². The standard InChI is InChI=1S/C21H22Cl2N6/c1-29-6-3-21(4-7-29)20(27-18-9-15(22)16(23)10-19(18)28-21)25-12-14-8-13-11-24-5-2-17(13)26-14/h2,5,8-11,26,28H,3-4,6-7,12H2,1H3,(H,25,27). The lowest BCUT2D eigenvalue weighted by Crippen LogP contribution is -2.58. The highest BCUT2D eigenvalue weighted by atomic mass is 35.5. The van der Waals surface area contributed by atoms with Gasteiger partial charge in [-0.05, 0) is 44.2 Å². The molecular formula is C21H22Cl2N6. The number of amidine groups is 1. The molecule has 3 N–H and O–H groups in total. The van der Waals surface area contributed by atoms with Crippen LogP contribution < -0.4 is 10.6 Å². The first kappa shape index (κ1) is 18.7. The maximum absolute atomic E-state index is 6.26. The van der Waals surface area contributed by atoms with Gasteiger partial charge in [0.05, 0.1) is 33.5 Å². The van der Waals surface area contributed by atoms with Crippen LogP contribution in [0.4, 0.5) is 11.4 Å². The third-order valence-electron chi connectivity index (χ3n) is 5.86. The minimum absolute atomic E-state index is 0.232. The van der Waals surface area contributed by atoms with Crippen LogP contribution >= 0.6 is 23.2 Å². The molecule has 1 spiro atoms. The molecule has 0 amide bonds. The molecule has 0 bridgehead atoms. The Morgan fingerprint density at radius 3 is 2.76 bits per heavy atom. The number of hydrogen-bond acceptors (Lipinski definition) is 5. The zero-order valence-electron chi connectivity index (χ0n) is 16.1. The van der Waals surface area contributed by atoms with E-state index in [2.05, 4.69) is 38.6 Å². The van der Waals surface area contributed by atoms with Crippen molar-refractivity contribution in [1.29, 1.82) is 0 Å². The van der Waals surface area contributed by atoms with Gasteiger partial charge in [0.1, 0.15) is 5.84 Å². The van der Waals surface area contributed by atoms with Gasteiger partial charge in [0, 0.05) is 42.1 Å². The predicted molar refractivity (Wildman–Crippen MR) is 120 cm³/mol. The van der Waals surface area contributed by atoms with E-state index < -0.39 is 0 Å². The quantitative estimate of drug-likeness (QED) is 0.558. The van der Waals surface area contributed by atoms with Crippen LogP contribution in [0.2, 0.25) is 10.0 Å². The summed E-state index contributed by atoms with van der Waals surface area (Å²) >= 11 is 12.5. The third kappa shape index (κ3) is 3.45. The van der Waals surface area contributed by atoms with E-state index in [-0.39, 0.29) is 5.54 Å². The molecule has 29 heavy (non-hydrogen) atoms. The molecule has 2 aromatic heterocycles. The monoisotopic (exact) mass is 428 g/mol. The van der Waals surface area contributed by atoms with Crippen LogP contribution in [-0.2, 0) is 6.54 Å². The van der Waals surface area contributed by atoms with Gasteiger partial charge < -0.3 is 20.5 Å². The number of pyridine rings is 1. The Balaban J connectivity index is 1.47. The first-order valence-corrected chi connectivity index (χ1v) is 10.5. The summed E-state index contributed by atoms with van der Waals surface area (Å²) in [5.74, 6) is 0.952. The molecule has 8 heteroatoms. The van der Waals surface area contributed by atoms with Crippen molar-refractivity contribution in [3.8, 4) is 0 Å². The van der Waals surface area contributed by atoms with Crippen molar-refractivity contribution in [3.05, 3.63) is 52.4 Å². The number of piperidine rings is 1. The molecule has 0 atom stereocenters. The summed E-state index contributed by atoms with van der Waals surface area (Å²) in [7, 11) is 2.16. The summed E-state index contributed by atoms with van der Waals surface area (Å²) in [6.07, 6.45) is 5.59. The lowest BCUT2D eigenvalue weighted by atomic mass is 9.84. The van der Waals surface area contributed by atoms with Crippen molar-refractivity contribution in [2.75, 3.05) is 25.5 Å². The second-order valence-electron chi connectivity index (χ2n) is 7.87. The Kier molecular flexibility index (Phi) is 4.65. The minimum atomic E-state index is -0.232. The Bertz CT molecular complexity index is 1060. The molecule has 5 rings (SSSR count). The molecule has 1 saturated heterocycles. The van der Waals surface area contributed by atoms with Crippen LogP contribution in [0.3, 0.4) is 0 Å². The number of nitrogens with one attached hydrogen (secondary N) is 3. The SMILES string of the molecule is CN1CCC2(CC1)Nc1cc(Cl)c(Cl)cc1N=C2NCc1cc2cnccc2[nH]1. The molecule has 1 fully saturated rings. The van der Waals surface area contributed by atoms with E-state index in [0.29, 0.717) is 16.6 Å². The minimum Gasteiger partial charge on any atom is -0.371 e. The van der Waals surface area contributed by atoms with Crippen molar-refractivity contribution < 1.29 is 0 Å². The number of fused-ring (bicyclic) bond motifs is 2. The fourth-order valence-electron chi connectivity index (χ4n) is 4.15. The number of benzene rings is 1. The summed E-state index contributed by atoms with van der Waals surface area (Å²) in [6, 6.07) is 7.81. The fraction of sp³-hybridized carbons (Fsp3) is 0.333. The van der Waals surface area contributed by atoms with Crippen LogP contribution in [0.1, 0.15) is 18.5 Å². The fourth-order valence-corrected chi connectivity index (χ4v) is 4.47. The van der Waals surface area contributed by atoms with Crippen molar-refractivity contribution in [2.24, 2.45) is 4.99 Å². The molecule has 2 aliphatic heterocycles. The molecule has 2 aliphatic rings. The number of nitrogens with zero attached hydrogens (tertiary/aromatic N) is 3. The van der Waals surface area contributed by atoms with Gasteiger partial charge in [0.25, 0.3) is 0 Å². The largest absolute Gasteiger partial charge is 0.371 e. The number of aliphatic imine (C=N–C) groups is 1. The molecule has 1 aromatic carbocycles. The first-order chi connectivity index (χ1) is 14.0. The van der Waals surface area contributed by atoms with Crippen molar-refractivity contribution in [2.45, 2.75) is 24.9 Å². The normalized spacial score (nSPS) is 18.4. The van der Waals surface area contributed by atoms with E-state index in [1.165, 1.54) is 0 Å². The van der Waals surface area contributed by atoms with E-state index in [4.69, 9.17) is 28.2 Å². The second-order valence-corrected chi connectivity index (χ2v) is 8.68. The van der Waals surface area contributed by atoms with Crippen molar-refractivity contribution in [1.82, 2.24) is 20.2 Å². The lowest BCUT2D eigenvalue weighted by molar-refractivity contribution is 0.238. The molecule has 0 aliphatic carbocycles. The number of rotatable bonds is 2. The molecule has 6 nitrogen and oxygen atoms in total. The molecule has 0 saturated carbocycles. The van der Waals surface area contributed by atoms with Gasteiger partial charge in [-0.2, -0.15) is 0 Å². The zero-order valence-corrected chi connectivity index (χ0v) is 17.6. The Morgan fingerprint density at radius 1 is 1.17 bits per heavy atom. The average Bonchev–Trinajstić information content (AvgIpc) is 3.13. The lowest BCUT2D eigenvalue weighted by Gasteiger charge is -2.45. The van der Waals surface area contributed by atoms with Crippen molar-refractivity contribution >= 4 is 51.3 Å². The average molecular weight is 429 g/mol. The molecule has 3 aromatic rings. The van der Waals surface area contributed by atoms with Crippen LogP contribution in [-0.4, -0.2) is 46.4 Å². The maximum Gasteiger partial charge on any atom is 0.129 e. The van der Waals surface area contributed by atoms with Gasteiger partial charge in [0.2, 0.25) is 0 Å². The Labute approximate surface area is 179 Å². The summed E-state index contributed by atoms with van der Waals surface area (Å²) in [4.78, 5) is 15.0. The van der Waals surface area contributed by atoms with Gasteiger partial charge in [-0.3, -0.25) is 4.98 Å². The highest BCUT2D eigenvalue weighted by Crippen LogP contribution is 2.41. The topological polar surface area (TPSA) is 68.3 Å². The first-order valence-electron chi connectivity index (χ1n) is 9.73. The van der Waals surface area contributed by atoms with Gasteiger partial charge in [-0.1, -0.05) is 23.2 Å². The summed E-state index contributed by atoms with van der Waals surface area (Å²) < 4.78 is 0. The van der Waals surface area contributed by atoms with Crippen LogP contribution in [0.15, 0.2) is 41.7 Å². The van der Waals surface area contributed by atoms with Crippen LogP contribution in [0.25, 0.3) is 10.9 Å². The number of aromatic nitrogens is 2. The summed E-state index contributed by atoms with van der Waals surface area (Å²) in [5, 5.41) is 9.48. The molecule has 150 valence electrons. The Hall–Kier alpha value is -2.28. The maximum atomic E-state index is 6.26. The number of hydrogen-bond donors (Lipinski definition) is 3. The van der Waals surface area contributed by atoms with E-state index >= 15 is 0 Å². The van der Waals surface area contributed by atoms with Crippen LogP contribution in [0.5, 0.6) is 0 Å². The number of H-pyrrole nitrogens is 1. The van der Waals surface area contributed by atoms with Gasteiger partial charge in [-0.15, -0.1) is 0 Å². The third-order valence-corrected chi connectivity index (χ3v) is 6.58. The Morgan fingerprint density at radius 2 is 1.97 bits per heavy atom. The van der Waals surface area contributed by atoms with E-state index in [0.717, 1.165) is 59.7 Å². The number of halogens is 2. The number of aromatic amines is 1. The van der Waals surface area contributed by atoms with Gasteiger partial charge in [0.15, 0.2) is 0 Å². The number of anilines is 1. The highest BCUT2D eigenvalue weighted by Gasteiger charge is 2.41. The van der Waals surface area contributed by atoms with E-state index in [1.807, 2.05) is 24.4 Å². The summed E-state index contributed by atoms with van der Waals surface area (Å²) in [6.45, 7) is 2.66. The molecule has 0 unspecified atom stereocenters. The molecule has 4 heterocycles. The molecule has 0 radical (unpaired) electrons. The second kappa shape index (κ2) is 7.20. The van der Waals surface area contributed by atoms with Crippen molar-refractivity contribution in [3.63, 3.8) is 0 Å². The summed E-state index contributed by atoms with van der Waals surface area (Å²) in [5.41, 5.74) is 3.70. The smallest absolute Gasteiger partial charge is 0.129 e. The van der Waals surface area contributed by atoms with Crippen LogP contribution in [0, 0.1) is 0 Å². The molecular weight excluding hydrogens is 407 g/mol. The highest BCUT2D eigenvalue weighted by molar-refractivity contribution is 6.42. The van der Waals surface area contributed by atoms with E-state index in [9.17, 15) is 0 Å². The number of likely N-dealkylation sites (tertiary alicyclic amines) is 1.